The van der Waals surface area contributed by atoms with Crippen molar-refractivity contribution >= 4 is 41.5 Å². The van der Waals surface area contributed by atoms with Gasteiger partial charge in [0.2, 0.25) is 0 Å². The number of halogens is 2. The molecule has 1 fully saturated rings. The van der Waals surface area contributed by atoms with Crippen molar-refractivity contribution in [2.24, 2.45) is 4.99 Å². The zero-order chi connectivity index (χ0) is 16.3. The third-order valence-corrected chi connectivity index (χ3v) is 4.54. The Morgan fingerprint density at radius 2 is 2.12 bits per heavy atom. The van der Waals surface area contributed by atoms with E-state index in [4.69, 9.17) is 16.3 Å². The van der Waals surface area contributed by atoms with E-state index in [2.05, 4.69) is 46.5 Å². The van der Waals surface area contributed by atoms with Crippen LogP contribution in [0.15, 0.2) is 29.3 Å². The first-order chi connectivity index (χ1) is 11.0. The number of aliphatic imine (C=N–C) groups is 1. The third-order valence-electron chi connectivity index (χ3n) is 4.29. The van der Waals surface area contributed by atoms with Gasteiger partial charge in [0.25, 0.3) is 0 Å². The minimum atomic E-state index is -0.119. The first-order valence-electron chi connectivity index (χ1n) is 8.19. The molecule has 2 heterocycles. The van der Waals surface area contributed by atoms with Crippen molar-refractivity contribution in [2.45, 2.75) is 25.5 Å². The van der Waals surface area contributed by atoms with Crippen molar-refractivity contribution in [1.82, 2.24) is 15.5 Å². The summed E-state index contributed by atoms with van der Waals surface area (Å²) in [5.41, 5.74) is 1.14. The van der Waals surface area contributed by atoms with Crippen molar-refractivity contribution in [3.8, 4) is 0 Å². The Hall–Kier alpha value is -0.570. The van der Waals surface area contributed by atoms with Crippen LogP contribution in [-0.4, -0.2) is 55.8 Å². The van der Waals surface area contributed by atoms with E-state index in [1.54, 1.807) is 0 Å². The van der Waals surface area contributed by atoms with Gasteiger partial charge in [-0.3, -0.25) is 9.89 Å². The number of rotatable bonds is 4. The molecule has 134 valence electrons. The number of nitrogens with zero attached hydrogens (tertiary/aromatic N) is 2. The van der Waals surface area contributed by atoms with Crippen LogP contribution >= 0.6 is 35.6 Å². The second-order valence-electron chi connectivity index (χ2n) is 6.68. The summed E-state index contributed by atoms with van der Waals surface area (Å²) in [6.07, 6.45) is 0. The van der Waals surface area contributed by atoms with E-state index < -0.39 is 0 Å². The number of hydrogen-bond donors (Lipinski definition) is 2. The molecule has 1 aromatic carbocycles. The van der Waals surface area contributed by atoms with E-state index in [0.717, 1.165) is 50.3 Å². The molecule has 3 rings (SSSR count). The van der Waals surface area contributed by atoms with Crippen LogP contribution in [0.1, 0.15) is 25.5 Å². The third kappa shape index (κ3) is 5.21. The molecule has 0 aromatic heterocycles. The van der Waals surface area contributed by atoms with Crippen LogP contribution in [-0.2, 0) is 4.74 Å². The lowest BCUT2D eigenvalue weighted by molar-refractivity contribution is -0.0971. The molecule has 5 nitrogen and oxygen atoms in total. The van der Waals surface area contributed by atoms with E-state index in [-0.39, 0.29) is 35.6 Å². The molecule has 2 aliphatic rings. The highest BCUT2D eigenvalue weighted by Crippen LogP contribution is 2.27. The molecule has 0 aliphatic carbocycles. The van der Waals surface area contributed by atoms with Crippen LogP contribution in [0, 0.1) is 0 Å². The SMILES string of the molecule is CC1(C)CN(C(CNC2=NCCN2)c2ccc(Cl)cc2)CCO1.I. The largest absolute Gasteiger partial charge is 0.373 e. The van der Waals surface area contributed by atoms with Gasteiger partial charge in [-0.1, -0.05) is 23.7 Å². The number of hydrogen-bond acceptors (Lipinski definition) is 5. The number of benzene rings is 1. The molecule has 1 aromatic rings. The van der Waals surface area contributed by atoms with Gasteiger partial charge >= 0.3 is 0 Å². The maximum atomic E-state index is 6.05. The van der Waals surface area contributed by atoms with E-state index in [1.807, 2.05) is 12.1 Å². The van der Waals surface area contributed by atoms with Gasteiger partial charge in [-0.25, -0.2) is 0 Å². The summed E-state index contributed by atoms with van der Waals surface area (Å²) in [6.45, 7) is 9.46. The lowest BCUT2D eigenvalue weighted by Crippen LogP contribution is -2.52. The van der Waals surface area contributed by atoms with Gasteiger partial charge in [-0.15, -0.1) is 24.0 Å². The van der Waals surface area contributed by atoms with Crippen molar-refractivity contribution < 1.29 is 4.74 Å². The lowest BCUT2D eigenvalue weighted by atomic mass is 10.0. The highest BCUT2D eigenvalue weighted by Gasteiger charge is 2.32. The molecule has 1 atom stereocenters. The Labute approximate surface area is 166 Å². The molecule has 24 heavy (non-hydrogen) atoms. The molecule has 0 bridgehead atoms. The second-order valence-corrected chi connectivity index (χ2v) is 7.12. The monoisotopic (exact) mass is 464 g/mol. The Balaban J connectivity index is 0.00000208. The molecule has 0 radical (unpaired) electrons. The van der Waals surface area contributed by atoms with Crippen LogP contribution in [0.25, 0.3) is 0 Å². The smallest absolute Gasteiger partial charge is 0.191 e. The molecular formula is C17H26ClIN4O. The predicted octanol–water partition coefficient (Wildman–Crippen LogP) is 2.66. The van der Waals surface area contributed by atoms with Gasteiger partial charge < -0.3 is 15.4 Å². The van der Waals surface area contributed by atoms with Gasteiger partial charge in [0.15, 0.2) is 5.96 Å². The Kier molecular flexibility index (Phi) is 7.15. The van der Waals surface area contributed by atoms with E-state index in [0.29, 0.717) is 0 Å². The summed E-state index contributed by atoms with van der Waals surface area (Å²) >= 11 is 6.05. The summed E-state index contributed by atoms with van der Waals surface area (Å²) in [4.78, 5) is 6.90. The van der Waals surface area contributed by atoms with E-state index in [9.17, 15) is 0 Å². The summed E-state index contributed by atoms with van der Waals surface area (Å²) < 4.78 is 5.86. The number of ether oxygens (including phenoxy) is 1. The van der Waals surface area contributed by atoms with Crippen molar-refractivity contribution in [1.29, 1.82) is 0 Å². The fraction of sp³-hybridized carbons (Fsp3) is 0.588. The van der Waals surface area contributed by atoms with Crippen molar-refractivity contribution in [2.75, 3.05) is 39.3 Å². The first kappa shape index (κ1) is 19.8. The molecule has 0 saturated carbocycles. The molecule has 1 unspecified atom stereocenters. The average molecular weight is 465 g/mol. The molecule has 7 heteroatoms. The van der Waals surface area contributed by atoms with Crippen LogP contribution < -0.4 is 10.6 Å². The summed E-state index contributed by atoms with van der Waals surface area (Å²) in [7, 11) is 0. The zero-order valence-corrected chi connectivity index (χ0v) is 17.3. The van der Waals surface area contributed by atoms with Crippen LogP contribution in [0.3, 0.4) is 0 Å². The van der Waals surface area contributed by atoms with Gasteiger partial charge in [-0.05, 0) is 31.5 Å². The molecule has 2 aliphatic heterocycles. The van der Waals surface area contributed by atoms with E-state index in [1.165, 1.54) is 5.56 Å². The van der Waals surface area contributed by atoms with Crippen LogP contribution in [0.4, 0.5) is 0 Å². The molecular weight excluding hydrogens is 439 g/mol. The Bertz CT molecular complexity index is 564. The molecule has 0 spiro atoms. The standard InChI is InChI=1S/C17H25ClN4O.HI/c1-17(2)12-22(9-10-23-17)15(11-21-16-19-7-8-20-16)13-3-5-14(18)6-4-13;/h3-6,15H,7-12H2,1-2H3,(H2,19,20,21);1H. The number of morpholine rings is 1. The minimum absolute atomic E-state index is 0. The Morgan fingerprint density at radius 3 is 2.75 bits per heavy atom. The second kappa shape index (κ2) is 8.69. The maximum absolute atomic E-state index is 6.05. The normalized spacial score (nSPS) is 21.4. The molecule has 1 saturated heterocycles. The number of nitrogens with one attached hydrogen (secondary N) is 2. The molecule has 2 N–H and O–H groups in total. The first-order valence-corrected chi connectivity index (χ1v) is 8.57. The fourth-order valence-electron chi connectivity index (χ4n) is 3.17. The summed E-state index contributed by atoms with van der Waals surface area (Å²) in [5.74, 6) is 0.900. The van der Waals surface area contributed by atoms with Gasteiger partial charge in [0.05, 0.1) is 24.8 Å². The Morgan fingerprint density at radius 1 is 1.38 bits per heavy atom. The average Bonchev–Trinajstić information content (AvgIpc) is 3.02. The zero-order valence-electron chi connectivity index (χ0n) is 14.2. The van der Waals surface area contributed by atoms with Gasteiger partial charge in [0, 0.05) is 31.2 Å². The minimum Gasteiger partial charge on any atom is -0.373 e. The highest BCUT2D eigenvalue weighted by atomic mass is 127. The van der Waals surface area contributed by atoms with Crippen LogP contribution in [0.2, 0.25) is 5.02 Å². The van der Waals surface area contributed by atoms with Crippen molar-refractivity contribution in [3.63, 3.8) is 0 Å². The molecule has 0 amide bonds. The number of guanidine groups is 1. The van der Waals surface area contributed by atoms with Crippen molar-refractivity contribution in [3.05, 3.63) is 34.9 Å². The quantitative estimate of drug-likeness (QED) is 0.673. The van der Waals surface area contributed by atoms with Crippen LogP contribution in [0.5, 0.6) is 0 Å². The highest BCUT2D eigenvalue weighted by molar-refractivity contribution is 14.0. The summed E-state index contributed by atoms with van der Waals surface area (Å²) in [6, 6.07) is 8.41. The predicted molar refractivity (Wildman–Crippen MR) is 110 cm³/mol. The topological polar surface area (TPSA) is 48.9 Å². The van der Waals surface area contributed by atoms with Gasteiger partial charge in [0.1, 0.15) is 0 Å². The lowest BCUT2D eigenvalue weighted by Gasteiger charge is -2.42. The maximum Gasteiger partial charge on any atom is 0.191 e. The summed E-state index contributed by atoms with van der Waals surface area (Å²) in [5, 5.41) is 7.48. The van der Waals surface area contributed by atoms with Gasteiger partial charge in [-0.2, -0.15) is 0 Å². The van der Waals surface area contributed by atoms with E-state index >= 15 is 0 Å². The fourth-order valence-corrected chi connectivity index (χ4v) is 3.30.